The van der Waals surface area contributed by atoms with Gasteiger partial charge in [0.2, 0.25) is 10.0 Å². The number of nitrogens with zero attached hydrogens (tertiary/aromatic N) is 3. The van der Waals surface area contributed by atoms with E-state index in [0.29, 0.717) is 18.9 Å². The topological polar surface area (TPSA) is 64.4 Å². The summed E-state index contributed by atoms with van der Waals surface area (Å²) in [6.45, 7) is 1.38. The predicted octanol–water partition coefficient (Wildman–Crippen LogP) is 1.32. The molecular formula is C16H25N3O3S. The second-order valence-electron chi connectivity index (χ2n) is 7.25. The van der Waals surface area contributed by atoms with Gasteiger partial charge in [0.05, 0.1) is 23.6 Å². The normalized spacial score (nSPS) is 29.3. The van der Waals surface area contributed by atoms with Gasteiger partial charge in [-0.15, -0.1) is 0 Å². The molecule has 1 aromatic rings. The average molecular weight is 339 g/mol. The van der Waals surface area contributed by atoms with Gasteiger partial charge in [0.1, 0.15) is 0 Å². The first kappa shape index (κ1) is 15.6. The van der Waals surface area contributed by atoms with Crippen LogP contribution in [0.4, 0.5) is 0 Å². The van der Waals surface area contributed by atoms with Crippen molar-refractivity contribution in [2.45, 2.75) is 55.9 Å². The summed E-state index contributed by atoms with van der Waals surface area (Å²) in [5.41, 5.74) is 1.08. The number of aromatic nitrogens is 2. The SMILES string of the molecule is Cn1cc(C[C@@H]2[C@H](OCC3CC3)CCN2S(=O)(=O)C2CC2)cn1. The highest BCUT2D eigenvalue weighted by Gasteiger charge is 2.48. The molecule has 6 nitrogen and oxygen atoms in total. The Bertz CT molecular complexity index is 664. The molecule has 0 unspecified atom stereocenters. The lowest BCUT2D eigenvalue weighted by atomic mass is 10.1. The Kier molecular flexibility index (Phi) is 3.98. The molecule has 2 atom stereocenters. The molecule has 2 aliphatic carbocycles. The molecular weight excluding hydrogens is 314 g/mol. The third-order valence-electron chi connectivity index (χ3n) is 5.15. The van der Waals surface area contributed by atoms with Crippen LogP contribution in [0.25, 0.3) is 0 Å². The molecule has 4 rings (SSSR count). The van der Waals surface area contributed by atoms with Crippen LogP contribution in [0, 0.1) is 5.92 Å². The lowest BCUT2D eigenvalue weighted by Crippen LogP contribution is -2.43. The van der Waals surface area contributed by atoms with Gasteiger partial charge >= 0.3 is 0 Å². The summed E-state index contributed by atoms with van der Waals surface area (Å²) in [4.78, 5) is 0. The highest BCUT2D eigenvalue weighted by molar-refractivity contribution is 7.90. The zero-order valence-corrected chi connectivity index (χ0v) is 14.4. The van der Waals surface area contributed by atoms with Gasteiger partial charge in [0.15, 0.2) is 0 Å². The van der Waals surface area contributed by atoms with Crippen LogP contribution >= 0.6 is 0 Å². The number of ether oxygens (including phenoxy) is 1. The summed E-state index contributed by atoms with van der Waals surface area (Å²) < 4.78 is 35.1. The smallest absolute Gasteiger partial charge is 0.217 e. The summed E-state index contributed by atoms with van der Waals surface area (Å²) in [6.07, 6.45) is 9.45. The van der Waals surface area contributed by atoms with Crippen molar-refractivity contribution in [2.24, 2.45) is 13.0 Å². The second-order valence-corrected chi connectivity index (χ2v) is 9.42. The van der Waals surface area contributed by atoms with Crippen LogP contribution in [0.5, 0.6) is 0 Å². The number of rotatable bonds is 7. The van der Waals surface area contributed by atoms with Gasteiger partial charge in [-0.3, -0.25) is 4.68 Å². The first-order chi connectivity index (χ1) is 11.0. The van der Waals surface area contributed by atoms with E-state index in [1.807, 2.05) is 19.4 Å². The summed E-state index contributed by atoms with van der Waals surface area (Å²) in [5.74, 6) is 0.697. The Morgan fingerprint density at radius 3 is 2.65 bits per heavy atom. The van der Waals surface area contributed by atoms with Gasteiger partial charge < -0.3 is 4.74 Å². The average Bonchev–Trinajstić information content (AvgIpc) is 3.42. The Balaban J connectivity index is 1.52. The van der Waals surface area contributed by atoms with Crippen molar-refractivity contribution in [2.75, 3.05) is 13.2 Å². The van der Waals surface area contributed by atoms with E-state index in [2.05, 4.69) is 5.10 Å². The molecule has 23 heavy (non-hydrogen) atoms. The predicted molar refractivity (Wildman–Crippen MR) is 86.4 cm³/mol. The van der Waals surface area contributed by atoms with E-state index >= 15 is 0 Å². The first-order valence-corrected chi connectivity index (χ1v) is 10.1. The van der Waals surface area contributed by atoms with E-state index in [9.17, 15) is 8.42 Å². The maximum absolute atomic E-state index is 12.7. The molecule has 1 aliphatic heterocycles. The zero-order chi connectivity index (χ0) is 16.0. The van der Waals surface area contributed by atoms with Crippen LogP contribution in [-0.4, -0.2) is 53.1 Å². The lowest BCUT2D eigenvalue weighted by molar-refractivity contribution is 0.0305. The van der Waals surface area contributed by atoms with Crippen LogP contribution < -0.4 is 0 Å². The summed E-state index contributed by atoms with van der Waals surface area (Å²) >= 11 is 0. The minimum Gasteiger partial charge on any atom is -0.376 e. The van der Waals surface area contributed by atoms with Crippen molar-refractivity contribution < 1.29 is 13.2 Å². The second kappa shape index (κ2) is 5.86. The molecule has 7 heteroatoms. The summed E-state index contributed by atoms with van der Waals surface area (Å²) in [6, 6.07) is -0.0800. The van der Waals surface area contributed by atoms with E-state index < -0.39 is 10.0 Å². The Labute approximate surface area is 137 Å². The largest absolute Gasteiger partial charge is 0.376 e. The molecule has 0 spiro atoms. The molecule has 0 amide bonds. The van der Waals surface area contributed by atoms with E-state index in [-0.39, 0.29) is 17.4 Å². The van der Waals surface area contributed by atoms with Crippen molar-refractivity contribution in [3.05, 3.63) is 18.0 Å². The summed E-state index contributed by atoms with van der Waals surface area (Å²) in [7, 11) is -1.27. The molecule has 0 radical (unpaired) electrons. The van der Waals surface area contributed by atoms with Crippen molar-refractivity contribution >= 4 is 10.0 Å². The number of aryl methyl sites for hydroxylation is 1. The lowest BCUT2D eigenvalue weighted by Gasteiger charge is -2.27. The Morgan fingerprint density at radius 2 is 2.04 bits per heavy atom. The molecule has 0 N–H and O–H groups in total. The molecule has 2 saturated carbocycles. The fourth-order valence-electron chi connectivity index (χ4n) is 3.46. The van der Waals surface area contributed by atoms with Crippen LogP contribution in [0.2, 0.25) is 0 Å². The molecule has 3 aliphatic rings. The van der Waals surface area contributed by atoms with Gasteiger partial charge in [-0.1, -0.05) is 0 Å². The van der Waals surface area contributed by atoms with Crippen LogP contribution in [0.15, 0.2) is 12.4 Å². The van der Waals surface area contributed by atoms with Gasteiger partial charge in [-0.25, -0.2) is 8.42 Å². The van der Waals surface area contributed by atoms with Gasteiger partial charge in [0, 0.05) is 26.4 Å². The van der Waals surface area contributed by atoms with Crippen LogP contribution in [0.3, 0.4) is 0 Å². The summed E-state index contributed by atoms with van der Waals surface area (Å²) in [5, 5.41) is 4.06. The number of hydrogen-bond acceptors (Lipinski definition) is 4. The van der Waals surface area contributed by atoms with Gasteiger partial charge in [-0.05, 0) is 50.0 Å². The molecule has 2 heterocycles. The highest BCUT2D eigenvalue weighted by Crippen LogP contribution is 2.37. The van der Waals surface area contributed by atoms with Crippen LogP contribution in [-0.2, 0) is 28.2 Å². The minimum atomic E-state index is -3.16. The van der Waals surface area contributed by atoms with E-state index in [1.165, 1.54) is 12.8 Å². The maximum Gasteiger partial charge on any atom is 0.217 e. The molecule has 0 aromatic carbocycles. The number of sulfonamides is 1. The fraction of sp³-hybridized carbons (Fsp3) is 0.812. The molecule has 1 saturated heterocycles. The highest BCUT2D eigenvalue weighted by atomic mass is 32.2. The van der Waals surface area contributed by atoms with Crippen molar-refractivity contribution in [1.29, 1.82) is 0 Å². The van der Waals surface area contributed by atoms with E-state index in [1.54, 1.807) is 8.99 Å². The van der Waals surface area contributed by atoms with E-state index in [4.69, 9.17) is 4.74 Å². The zero-order valence-electron chi connectivity index (χ0n) is 13.6. The monoisotopic (exact) mass is 339 g/mol. The van der Waals surface area contributed by atoms with E-state index in [0.717, 1.165) is 31.4 Å². The molecule has 128 valence electrons. The first-order valence-electron chi connectivity index (χ1n) is 8.64. The fourth-order valence-corrected chi connectivity index (χ4v) is 5.52. The molecule has 3 fully saturated rings. The molecule has 0 bridgehead atoms. The van der Waals surface area contributed by atoms with Gasteiger partial charge in [-0.2, -0.15) is 9.40 Å². The van der Waals surface area contributed by atoms with Crippen molar-refractivity contribution in [3.8, 4) is 0 Å². The third-order valence-corrected chi connectivity index (χ3v) is 7.57. The Hall–Kier alpha value is -0.920. The van der Waals surface area contributed by atoms with Crippen molar-refractivity contribution in [1.82, 2.24) is 14.1 Å². The van der Waals surface area contributed by atoms with Crippen molar-refractivity contribution in [3.63, 3.8) is 0 Å². The maximum atomic E-state index is 12.7. The number of hydrogen-bond donors (Lipinski definition) is 0. The minimum absolute atomic E-state index is 0.0179. The van der Waals surface area contributed by atoms with Gasteiger partial charge in [0.25, 0.3) is 0 Å². The standard InChI is InChI=1S/C16H25N3O3S/c1-18-10-13(9-17-18)8-15-16(22-11-12-2-3-12)6-7-19(15)23(20,21)14-4-5-14/h9-10,12,14-16H,2-8,11H2,1H3/t15-,16-/m1/s1. The third kappa shape index (κ3) is 3.32. The Morgan fingerprint density at radius 1 is 1.26 bits per heavy atom. The molecule has 1 aromatic heterocycles. The van der Waals surface area contributed by atoms with Crippen LogP contribution in [0.1, 0.15) is 37.7 Å². The quantitative estimate of drug-likeness (QED) is 0.752.